The molecule has 0 bridgehead atoms. The number of benzene rings is 1. The van der Waals surface area contributed by atoms with Gasteiger partial charge >= 0.3 is 24.1 Å². The van der Waals surface area contributed by atoms with Crippen molar-refractivity contribution in [2.75, 3.05) is 21.3 Å². The Balaban J connectivity index is 3.57. The van der Waals surface area contributed by atoms with Crippen molar-refractivity contribution >= 4 is 30.2 Å². The molecule has 0 aliphatic rings. The molecule has 0 aromatic heterocycles. The Bertz CT molecular complexity index is 940. The molecule has 1 rings (SSSR count). The molecule has 1 aromatic carbocycles. The maximum atomic E-state index is 12.9. The lowest BCUT2D eigenvalue weighted by Gasteiger charge is -2.29. The van der Waals surface area contributed by atoms with E-state index in [1.54, 1.807) is 59.7 Å². The second kappa shape index (κ2) is 12.2. The summed E-state index contributed by atoms with van der Waals surface area (Å²) in [7, 11) is 3.86. The number of carbonyl (C=O) groups is 4. The van der Waals surface area contributed by atoms with E-state index < -0.39 is 35.3 Å². The maximum Gasteiger partial charge on any atom is 0.420 e. The van der Waals surface area contributed by atoms with Gasteiger partial charge in [0.15, 0.2) is 0 Å². The van der Waals surface area contributed by atoms with E-state index in [9.17, 15) is 19.2 Å². The van der Waals surface area contributed by atoms with Crippen molar-refractivity contribution in [2.24, 2.45) is 0 Å². The highest BCUT2D eigenvalue weighted by Crippen LogP contribution is 2.25. The van der Waals surface area contributed by atoms with Crippen molar-refractivity contribution in [3.63, 3.8) is 0 Å². The largest absolute Gasteiger partial charge is 0.497 e. The van der Waals surface area contributed by atoms with Crippen LogP contribution in [0.15, 0.2) is 23.8 Å². The van der Waals surface area contributed by atoms with Gasteiger partial charge in [-0.05, 0) is 70.9 Å². The number of amides is 2. The van der Waals surface area contributed by atoms with Gasteiger partial charge in [-0.2, -0.15) is 0 Å². The Morgan fingerprint density at radius 2 is 1.40 bits per heavy atom. The fourth-order valence-electron chi connectivity index (χ4n) is 2.72. The molecular formula is C25H35NO9. The van der Waals surface area contributed by atoms with Crippen molar-refractivity contribution in [2.45, 2.75) is 65.7 Å². The topological polar surface area (TPSA) is 118 Å². The first-order valence-corrected chi connectivity index (χ1v) is 10.9. The van der Waals surface area contributed by atoms with E-state index in [1.165, 1.54) is 27.4 Å². The van der Waals surface area contributed by atoms with Gasteiger partial charge in [0.2, 0.25) is 0 Å². The summed E-state index contributed by atoms with van der Waals surface area (Å²) in [4.78, 5) is 50.8. The number of methoxy groups -OCH3 is 3. The zero-order valence-corrected chi connectivity index (χ0v) is 21.8. The lowest BCUT2D eigenvalue weighted by Crippen LogP contribution is -2.43. The summed E-state index contributed by atoms with van der Waals surface area (Å²) in [6, 6.07) is 4.85. The average Bonchev–Trinajstić information content (AvgIpc) is 2.74. The van der Waals surface area contributed by atoms with Crippen LogP contribution in [-0.2, 0) is 35.1 Å². The highest BCUT2D eigenvalue weighted by Gasteiger charge is 2.32. The van der Waals surface area contributed by atoms with Gasteiger partial charge in [-0.15, -0.1) is 0 Å². The molecule has 0 heterocycles. The van der Waals surface area contributed by atoms with Crippen molar-refractivity contribution < 1.29 is 42.9 Å². The molecule has 0 spiro atoms. The molecule has 0 fully saturated rings. The lowest BCUT2D eigenvalue weighted by molar-refractivity contribution is -0.143. The van der Waals surface area contributed by atoms with Gasteiger partial charge in [0.25, 0.3) is 0 Å². The summed E-state index contributed by atoms with van der Waals surface area (Å²) in [5.74, 6) is -0.924. The molecule has 0 saturated carbocycles. The Kier molecular flexibility index (Phi) is 10.3. The van der Waals surface area contributed by atoms with E-state index in [2.05, 4.69) is 4.74 Å². The molecule has 0 unspecified atom stereocenters. The highest BCUT2D eigenvalue weighted by atomic mass is 16.6. The minimum Gasteiger partial charge on any atom is -0.497 e. The summed E-state index contributed by atoms with van der Waals surface area (Å²) in [5.41, 5.74) is -0.855. The van der Waals surface area contributed by atoms with E-state index in [-0.39, 0.29) is 18.5 Å². The van der Waals surface area contributed by atoms with Crippen molar-refractivity contribution in [1.29, 1.82) is 0 Å². The van der Waals surface area contributed by atoms with Gasteiger partial charge in [0.1, 0.15) is 17.0 Å². The third-order valence-electron chi connectivity index (χ3n) is 4.25. The second-order valence-electron chi connectivity index (χ2n) is 9.53. The first-order chi connectivity index (χ1) is 16.1. The predicted octanol–water partition coefficient (Wildman–Crippen LogP) is 4.49. The SMILES string of the molecule is COC(=O)CC(=Cc1ccc(OC)cc1CN(C(=O)OC(C)(C)C)C(=O)OC(C)(C)C)C(=O)OC. The molecule has 2 amide bonds. The molecule has 0 saturated heterocycles. The van der Waals surface area contributed by atoms with Gasteiger partial charge in [0.05, 0.1) is 34.3 Å². The Morgan fingerprint density at radius 3 is 1.83 bits per heavy atom. The smallest absolute Gasteiger partial charge is 0.420 e. The van der Waals surface area contributed by atoms with E-state index in [0.717, 1.165) is 4.90 Å². The minimum absolute atomic E-state index is 0.0202. The van der Waals surface area contributed by atoms with Crippen molar-refractivity contribution in [3.05, 3.63) is 34.9 Å². The van der Waals surface area contributed by atoms with Gasteiger partial charge < -0.3 is 23.7 Å². The number of esters is 2. The minimum atomic E-state index is -0.910. The van der Waals surface area contributed by atoms with Crippen LogP contribution in [0.5, 0.6) is 5.75 Å². The fourth-order valence-corrected chi connectivity index (χ4v) is 2.72. The van der Waals surface area contributed by atoms with Crippen LogP contribution in [0.1, 0.15) is 59.1 Å². The van der Waals surface area contributed by atoms with E-state index in [1.807, 2.05) is 0 Å². The third kappa shape index (κ3) is 10.1. The first-order valence-electron chi connectivity index (χ1n) is 10.9. The second-order valence-corrected chi connectivity index (χ2v) is 9.53. The summed E-state index contributed by atoms with van der Waals surface area (Å²) in [6.07, 6.45) is -0.726. The van der Waals surface area contributed by atoms with Crippen LogP contribution in [-0.4, -0.2) is 61.6 Å². The van der Waals surface area contributed by atoms with E-state index in [4.69, 9.17) is 18.9 Å². The fraction of sp³-hybridized carbons (Fsp3) is 0.520. The zero-order valence-electron chi connectivity index (χ0n) is 21.8. The molecule has 0 aliphatic carbocycles. The van der Waals surface area contributed by atoms with Crippen LogP contribution in [0.4, 0.5) is 9.59 Å². The lowest BCUT2D eigenvalue weighted by atomic mass is 10.0. The number of nitrogens with zero attached hydrogens (tertiary/aromatic N) is 1. The third-order valence-corrected chi connectivity index (χ3v) is 4.25. The average molecular weight is 494 g/mol. The van der Waals surface area contributed by atoms with Crippen LogP contribution in [0.3, 0.4) is 0 Å². The van der Waals surface area contributed by atoms with Crippen LogP contribution in [0.25, 0.3) is 6.08 Å². The quantitative estimate of drug-likeness (QED) is 0.308. The molecule has 0 radical (unpaired) electrons. The van der Waals surface area contributed by atoms with Crippen LogP contribution >= 0.6 is 0 Å². The van der Waals surface area contributed by atoms with Gasteiger partial charge in [-0.25, -0.2) is 19.3 Å². The molecule has 0 N–H and O–H groups in total. The Hall–Kier alpha value is -3.56. The van der Waals surface area contributed by atoms with Crippen molar-refractivity contribution in [3.8, 4) is 5.75 Å². The van der Waals surface area contributed by atoms with Gasteiger partial charge in [-0.3, -0.25) is 4.79 Å². The molecule has 1 aromatic rings. The van der Waals surface area contributed by atoms with Crippen LogP contribution in [0, 0.1) is 0 Å². The molecule has 10 nitrogen and oxygen atoms in total. The molecule has 194 valence electrons. The van der Waals surface area contributed by atoms with Gasteiger partial charge in [0, 0.05) is 5.57 Å². The number of hydrogen-bond acceptors (Lipinski definition) is 9. The summed E-state index contributed by atoms with van der Waals surface area (Å²) in [6.45, 7) is 9.78. The molecule has 0 aliphatic heterocycles. The Morgan fingerprint density at radius 1 is 0.857 bits per heavy atom. The summed E-state index contributed by atoms with van der Waals surface area (Å²) >= 11 is 0. The predicted molar refractivity (Wildman–Crippen MR) is 128 cm³/mol. The monoisotopic (exact) mass is 493 g/mol. The number of carbonyl (C=O) groups excluding carboxylic acids is 4. The Labute approximate surface area is 206 Å². The normalized spacial score (nSPS) is 11.9. The molecule has 35 heavy (non-hydrogen) atoms. The summed E-state index contributed by atoms with van der Waals surface area (Å²) in [5, 5.41) is 0. The molecular weight excluding hydrogens is 458 g/mol. The van der Waals surface area contributed by atoms with E-state index in [0.29, 0.717) is 16.9 Å². The van der Waals surface area contributed by atoms with Gasteiger partial charge in [-0.1, -0.05) is 6.07 Å². The number of imide groups is 1. The standard InChI is InChI=1S/C25H35NO9/c1-24(2,3)34-22(29)26(23(30)35-25(4,5)6)15-18-13-19(31-7)11-10-16(18)12-17(21(28)33-9)14-20(27)32-8/h10-13H,14-15H2,1-9H3. The number of ether oxygens (including phenoxy) is 5. The first kappa shape index (κ1) is 29.5. The molecule has 0 atom stereocenters. The number of rotatable bonds is 7. The van der Waals surface area contributed by atoms with Crippen LogP contribution < -0.4 is 4.74 Å². The zero-order chi connectivity index (χ0) is 27.0. The van der Waals surface area contributed by atoms with Crippen LogP contribution in [0.2, 0.25) is 0 Å². The molecule has 10 heteroatoms. The summed E-state index contributed by atoms with van der Waals surface area (Å²) < 4.78 is 25.6. The van der Waals surface area contributed by atoms with E-state index >= 15 is 0 Å². The maximum absolute atomic E-state index is 12.9. The highest BCUT2D eigenvalue weighted by molar-refractivity contribution is 5.98. The number of hydrogen-bond donors (Lipinski definition) is 0. The van der Waals surface area contributed by atoms with Crippen molar-refractivity contribution in [1.82, 2.24) is 4.90 Å².